The van der Waals surface area contributed by atoms with Crippen molar-refractivity contribution in [1.82, 2.24) is 28.4 Å². The number of hydrogen-bond acceptors (Lipinski definition) is 6. The van der Waals surface area contributed by atoms with Gasteiger partial charge in [-0.2, -0.15) is 9.40 Å². The molecule has 1 aliphatic rings. The van der Waals surface area contributed by atoms with Gasteiger partial charge >= 0.3 is 0 Å². The molecule has 1 aliphatic heterocycles. The second-order valence-corrected chi connectivity index (χ2v) is 9.67. The molecule has 1 atom stereocenters. The van der Waals surface area contributed by atoms with Crippen LogP contribution in [0.2, 0.25) is 0 Å². The van der Waals surface area contributed by atoms with Gasteiger partial charge in [0.15, 0.2) is 5.65 Å². The molecule has 4 rings (SSSR count). The van der Waals surface area contributed by atoms with E-state index in [4.69, 9.17) is 12.2 Å². The van der Waals surface area contributed by atoms with Crippen LogP contribution in [0.15, 0.2) is 47.8 Å². The smallest absolute Gasteiger partial charge is 0.244 e. The minimum absolute atomic E-state index is 0.226. The Labute approximate surface area is 181 Å². The normalized spacial score (nSPS) is 17.9. The molecule has 160 valence electrons. The van der Waals surface area contributed by atoms with E-state index in [9.17, 15) is 8.42 Å². The lowest BCUT2D eigenvalue weighted by molar-refractivity contribution is 0.190. The summed E-state index contributed by atoms with van der Waals surface area (Å²) in [5.41, 5.74) is 1.83. The monoisotopic (exact) mass is 446 g/mol. The maximum Gasteiger partial charge on any atom is 0.244 e. The molecular weight excluding hydrogens is 420 g/mol. The molecule has 1 saturated heterocycles. The second-order valence-electron chi connectivity index (χ2n) is 7.36. The van der Waals surface area contributed by atoms with Gasteiger partial charge in [0.05, 0.1) is 11.6 Å². The summed E-state index contributed by atoms with van der Waals surface area (Å²) in [5, 5.41) is 4.62. The van der Waals surface area contributed by atoms with E-state index in [1.807, 2.05) is 26.1 Å². The van der Waals surface area contributed by atoms with Gasteiger partial charge in [-0.15, -0.1) is 0 Å². The number of aromatic nitrogens is 4. The molecule has 1 unspecified atom stereocenters. The Morgan fingerprint density at radius 1 is 1.23 bits per heavy atom. The Morgan fingerprint density at radius 2 is 2.03 bits per heavy atom. The van der Waals surface area contributed by atoms with Gasteiger partial charge in [0.1, 0.15) is 0 Å². The van der Waals surface area contributed by atoms with Gasteiger partial charge in [-0.3, -0.25) is 14.3 Å². The third-order valence-corrected chi connectivity index (χ3v) is 8.08. The summed E-state index contributed by atoms with van der Waals surface area (Å²) < 4.78 is 31.1. The summed E-state index contributed by atoms with van der Waals surface area (Å²) in [5.74, 6) is 0. The van der Waals surface area contributed by atoms with Crippen LogP contribution >= 0.6 is 12.2 Å². The summed E-state index contributed by atoms with van der Waals surface area (Å²) in [7, 11) is -3.56. The van der Waals surface area contributed by atoms with Crippen molar-refractivity contribution >= 4 is 27.9 Å². The van der Waals surface area contributed by atoms with Gasteiger partial charge in [0.25, 0.3) is 0 Å². The molecule has 1 fully saturated rings. The van der Waals surface area contributed by atoms with Gasteiger partial charge in [-0.05, 0) is 48.8 Å². The highest BCUT2D eigenvalue weighted by atomic mass is 32.2. The van der Waals surface area contributed by atoms with Gasteiger partial charge < -0.3 is 0 Å². The zero-order valence-electron chi connectivity index (χ0n) is 17.2. The predicted octanol–water partition coefficient (Wildman–Crippen LogP) is 3.09. The van der Waals surface area contributed by atoms with Crippen LogP contribution in [0.3, 0.4) is 0 Å². The van der Waals surface area contributed by atoms with Crippen LogP contribution < -0.4 is 0 Å². The third kappa shape index (κ3) is 3.80. The lowest BCUT2D eigenvalue weighted by Crippen LogP contribution is -2.30. The molecule has 3 aromatic rings. The quantitative estimate of drug-likeness (QED) is 0.519. The van der Waals surface area contributed by atoms with E-state index in [0.717, 1.165) is 19.4 Å². The number of likely N-dealkylation sites (tertiary alicyclic amines) is 1. The van der Waals surface area contributed by atoms with E-state index < -0.39 is 10.0 Å². The molecule has 0 aliphatic carbocycles. The highest BCUT2D eigenvalue weighted by molar-refractivity contribution is 7.89. The molecular formula is C20H26N6O2S2. The SMILES string of the molecule is CCN(CC)S(=O)(=O)c1ccc2nn(CN3CCCC3c3cccnc3)c(=S)n2c1. The van der Waals surface area contributed by atoms with Crippen LogP contribution in [-0.2, 0) is 16.7 Å². The van der Waals surface area contributed by atoms with E-state index in [1.165, 1.54) is 9.87 Å². The topological polar surface area (TPSA) is 75.7 Å². The molecule has 0 N–H and O–H groups in total. The Bertz CT molecular complexity index is 1180. The van der Waals surface area contributed by atoms with Crippen molar-refractivity contribution in [1.29, 1.82) is 0 Å². The Hall–Kier alpha value is -2.14. The van der Waals surface area contributed by atoms with Crippen LogP contribution in [0.25, 0.3) is 5.65 Å². The molecule has 3 aromatic heterocycles. The first-order valence-corrected chi connectivity index (χ1v) is 12.0. The first-order chi connectivity index (χ1) is 14.5. The summed E-state index contributed by atoms with van der Waals surface area (Å²) >= 11 is 5.64. The van der Waals surface area contributed by atoms with Crippen LogP contribution in [0.1, 0.15) is 38.3 Å². The van der Waals surface area contributed by atoms with Crippen molar-refractivity contribution in [3.63, 3.8) is 0 Å². The van der Waals surface area contributed by atoms with Crippen molar-refractivity contribution in [2.75, 3.05) is 19.6 Å². The largest absolute Gasteiger partial charge is 0.277 e. The predicted molar refractivity (Wildman–Crippen MR) is 117 cm³/mol. The summed E-state index contributed by atoms with van der Waals surface area (Å²) in [6.45, 7) is 6.02. The molecule has 30 heavy (non-hydrogen) atoms. The Morgan fingerprint density at radius 3 is 2.73 bits per heavy atom. The van der Waals surface area contributed by atoms with Gasteiger partial charge in [-0.1, -0.05) is 19.9 Å². The fourth-order valence-electron chi connectivity index (χ4n) is 4.07. The Balaban J connectivity index is 1.65. The van der Waals surface area contributed by atoms with Crippen LogP contribution in [0.5, 0.6) is 0 Å². The number of fused-ring (bicyclic) bond motifs is 1. The summed E-state index contributed by atoms with van der Waals surface area (Å²) in [4.78, 5) is 6.82. The first-order valence-electron chi connectivity index (χ1n) is 10.2. The fraction of sp³-hybridized carbons (Fsp3) is 0.450. The second kappa shape index (κ2) is 8.54. The van der Waals surface area contributed by atoms with Crippen molar-refractivity contribution in [2.45, 2.75) is 44.3 Å². The standard InChI is InChI=1S/C20H26N6O2S2/c1-3-24(4-2)30(27,28)17-9-10-19-22-26(20(29)25(19)14-17)15-23-12-6-8-18(23)16-7-5-11-21-13-16/h5,7,9-11,13-14,18H,3-4,6,8,12,15H2,1-2H3. The zero-order valence-corrected chi connectivity index (χ0v) is 18.8. The molecule has 10 heteroatoms. The summed E-state index contributed by atoms with van der Waals surface area (Å²) in [6, 6.07) is 7.65. The summed E-state index contributed by atoms with van der Waals surface area (Å²) in [6.07, 6.45) is 7.45. The van der Waals surface area contributed by atoms with Crippen LogP contribution in [0.4, 0.5) is 0 Å². The maximum atomic E-state index is 12.9. The Kier molecular flexibility index (Phi) is 6.01. The van der Waals surface area contributed by atoms with Crippen molar-refractivity contribution in [2.24, 2.45) is 0 Å². The highest BCUT2D eigenvalue weighted by Gasteiger charge is 2.27. The van der Waals surface area contributed by atoms with Gasteiger partial charge in [-0.25, -0.2) is 13.1 Å². The fourth-order valence-corrected chi connectivity index (χ4v) is 5.78. The molecule has 0 saturated carbocycles. The minimum atomic E-state index is -3.56. The molecule has 8 nitrogen and oxygen atoms in total. The molecule has 0 spiro atoms. The van der Waals surface area contributed by atoms with E-state index in [0.29, 0.717) is 30.2 Å². The first kappa shape index (κ1) is 21.1. The average molecular weight is 447 g/mol. The van der Waals surface area contributed by atoms with Crippen molar-refractivity contribution in [3.05, 3.63) is 53.2 Å². The van der Waals surface area contributed by atoms with Crippen LogP contribution in [0, 0.1) is 4.77 Å². The van der Waals surface area contributed by atoms with Crippen molar-refractivity contribution < 1.29 is 8.42 Å². The number of nitrogens with zero attached hydrogens (tertiary/aromatic N) is 6. The van der Waals surface area contributed by atoms with E-state index in [2.05, 4.69) is 21.0 Å². The lowest BCUT2D eigenvalue weighted by atomic mass is 10.1. The molecule has 0 bridgehead atoms. The van der Waals surface area contributed by atoms with Crippen molar-refractivity contribution in [3.8, 4) is 0 Å². The number of hydrogen-bond donors (Lipinski definition) is 0. The number of pyridine rings is 2. The maximum absolute atomic E-state index is 12.9. The number of sulfonamides is 1. The molecule has 4 heterocycles. The third-order valence-electron chi connectivity index (χ3n) is 5.64. The van der Waals surface area contributed by atoms with E-state index >= 15 is 0 Å². The average Bonchev–Trinajstić information content (AvgIpc) is 3.34. The number of rotatable bonds is 7. The lowest BCUT2D eigenvalue weighted by Gasteiger charge is -2.24. The molecule has 0 amide bonds. The van der Waals surface area contributed by atoms with Crippen LogP contribution in [-0.4, -0.2) is 56.4 Å². The molecule has 0 radical (unpaired) electrons. The van der Waals surface area contributed by atoms with E-state index in [-0.39, 0.29) is 10.9 Å². The highest BCUT2D eigenvalue weighted by Crippen LogP contribution is 2.31. The van der Waals surface area contributed by atoms with E-state index in [1.54, 1.807) is 33.6 Å². The minimum Gasteiger partial charge on any atom is -0.277 e. The van der Waals surface area contributed by atoms with Gasteiger partial charge in [0, 0.05) is 44.3 Å². The molecule has 0 aromatic carbocycles. The zero-order chi connectivity index (χ0) is 21.3. The van der Waals surface area contributed by atoms with Gasteiger partial charge in [0.2, 0.25) is 14.8 Å².